The average molecular weight is 295 g/mol. The first-order valence-electron chi connectivity index (χ1n) is 6.94. The first-order valence-corrected chi connectivity index (χ1v) is 7.82. The van der Waals surface area contributed by atoms with E-state index in [1.165, 1.54) is 0 Å². The number of pyridine rings is 1. The molecule has 21 heavy (non-hydrogen) atoms. The minimum absolute atomic E-state index is 0.00391. The summed E-state index contributed by atoms with van der Waals surface area (Å²) in [5.41, 5.74) is 2.22. The molecule has 1 fully saturated rings. The first kappa shape index (κ1) is 12.5. The van der Waals surface area contributed by atoms with E-state index in [1.54, 1.807) is 17.5 Å². The number of aromatic nitrogens is 1. The van der Waals surface area contributed by atoms with Crippen molar-refractivity contribution in [2.45, 2.75) is 18.9 Å². The van der Waals surface area contributed by atoms with Crippen LogP contribution in [0, 0.1) is 0 Å². The molecule has 0 spiro atoms. The summed E-state index contributed by atoms with van der Waals surface area (Å²) in [7, 11) is 0. The van der Waals surface area contributed by atoms with E-state index in [1.807, 2.05) is 41.8 Å². The number of ether oxygens (including phenoxy) is 1. The van der Waals surface area contributed by atoms with Crippen molar-refractivity contribution in [2.75, 3.05) is 0 Å². The predicted octanol–water partition coefficient (Wildman–Crippen LogP) is 4.07. The van der Waals surface area contributed by atoms with Gasteiger partial charge in [0, 0.05) is 17.3 Å². The van der Waals surface area contributed by atoms with E-state index in [-0.39, 0.29) is 5.78 Å². The summed E-state index contributed by atoms with van der Waals surface area (Å²) in [6.07, 6.45) is 4.28. The smallest absolute Gasteiger partial charge is 0.194 e. The number of ketones is 1. The number of hydrogen-bond acceptors (Lipinski definition) is 4. The van der Waals surface area contributed by atoms with Crippen LogP contribution in [0.5, 0.6) is 5.75 Å². The molecule has 2 heterocycles. The Balaban J connectivity index is 1.60. The van der Waals surface area contributed by atoms with Crippen molar-refractivity contribution < 1.29 is 9.53 Å². The van der Waals surface area contributed by atoms with Crippen LogP contribution >= 0.6 is 11.3 Å². The molecule has 2 aromatic heterocycles. The molecule has 0 aliphatic heterocycles. The zero-order valence-electron chi connectivity index (χ0n) is 11.3. The van der Waals surface area contributed by atoms with Gasteiger partial charge < -0.3 is 4.74 Å². The predicted molar refractivity (Wildman–Crippen MR) is 83.1 cm³/mol. The Labute approximate surface area is 126 Å². The molecule has 0 radical (unpaired) electrons. The minimum Gasteiger partial charge on any atom is -0.490 e. The Morgan fingerprint density at radius 2 is 1.95 bits per heavy atom. The van der Waals surface area contributed by atoms with Crippen molar-refractivity contribution in [1.29, 1.82) is 0 Å². The van der Waals surface area contributed by atoms with Gasteiger partial charge in [-0.3, -0.25) is 9.78 Å². The van der Waals surface area contributed by atoms with E-state index in [4.69, 9.17) is 4.74 Å². The fraction of sp³-hybridized carbons (Fsp3) is 0.176. The van der Waals surface area contributed by atoms with Gasteiger partial charge in [-0.1, -0.05) is 0 Å². The lowest BCUT2D eigenvalue weighted by Crippen LogP contribution is -2.02. The van der Waals surface area contributed by atoms with E-state index in [0.717, 1.165) is 28.8 Å². The molecule has 0 saturated heterocycles. The Morgan fingerprint density at radius 3 is 2.71 bits per heavy atom. The molecule has 0 amide bonds. The van der Waals surface area contributed by atoms with Crippen molar-refractivity contribution in [3.05, 3.63) is 59.1 Å². The SMILES string of the molecule is O=C(c1ccc(OC2CC2)cc1)c1cnc2ccsc2c1. The molecule has 4 rings (SSSR count). The quantitative estimate of drug-likeness (QED) is 0.681. The van der Waals surface area contributed by atoms with Gasteiger partial charge in [0.25, 0.3) is 0 Å². The molecule has 1 aromatic carbocycles. The van der Waals surface area contributed by atoms with E-state index in [2.05, 4.69) is 4.98 Å². The first-order chi connectivity index (χ1) is 10.3. The van der Waals surface area contributed by atoms with Crippen molar-refractivity contribution in [3.8, 4) is 5.75 Å². The number of carbonyl (C=O) groups is 1. The highest BCUT2D eigenvalue weighted by molar-refractivity contribution is 7.17. The van der Waals surface area contributed by atoms with E-state index < -0.39 is 0 Å². The molecule has 3 nitrogen and oxygen atoms in total. The lowest BCUT2D eigenvalue weighted by Gasteiger charge is -2.05. The molecule has 1 aliphatic carbocycles. The topological polar surface area (TPSA) is 39.2 Å². The third kappa shape index (κ3) is 2.54. The molecule has 0 N–H and O–H groups in total. The summed E-state index contributed by atoms with van der Waals surface area (Å²) in [6, 6.07) is 11.2. The third-order valence-electron chi connectivity index (χ3n) is 3.51. The normalized spacial score (nSPS) is 14.3. The molecule has 0 unspecified atom stereocenters. The largest absolute Gasteiger partial charge is 0.490 e. The summed E-state index contributed by atoms with van der Waals surface area (Å²) >= 11 is 1.60. The van der Waals surface area contributed by atoms with Gasteiger partial charge in [0.05, 0.1) is 16.3 Å². The number of nitrogens with zero attached hydrogens (tertiary/aromatic N) is 1. The molecule has 0 atom stereocenters. The highest BCUT2D eigenvalue weighted by Gasteiger charge is 2.23. The van der Waals surface area contributed by atoms with Crippen LogP contribution in [-0.4, -0.2) is 16.9 Å². The number of benzene rings is 1. The van der Waals surface area contributed by atoms with E-state index in [9.17, 15) is 4.79 Å². The maximum Gasteiger partial charge on any atom is 0.194 e. The van der Waals surface area contributed by atoms with Crippen molar-refractivity contribution in [3.63, 3.8) is 0 Å². The maximum atomic E-state index is 12.5. The molecule has 4 heteroatoms. The fourth-order valence-electron chi connectivity index (χ4n) is 2.20. The Bertz CT molecular complexity index is 803. The molecule has 104 valence electrons. The van der Waals surface area contributed by atoms with Crippen molar-refractivity contribution in [2.24, 2.45) is 0 Å². The van der Waals surface area contributed by atoms with Crippen LogP contribution in [0.25, 0.3) is 10.2 Å². The van der Waals surface area contributed by atoms with Gasteiger partial charge >= 0.3 is 0 Å². The Hall–Kier alpha value is -2.20. The van der Waals surface area contributed by atoms with Gasteiger partial charge in [-0.2, -0.15) is 0 Å². The number of fused-ring (bicyclic) bond motifs is 1. The summed E-state index contributed by atoms with van der Waals surface area (Å²) in [5.74, 6) is 0.830. The van der Waals surface area contributed by atoms with Gasteiger partial charge in [0.2, 0.25) is 0 Å². The molecular weight excluding hydrogens is 282 g/mol. The number of hydrogen-bond donors (Lipinski definition) is 0. The van der Waals surface area contributed by atoms with Crippen LogP contribution in [0.4, 0.5) is 0 Å². The van der Waals surface area contributed by atoms with Gasteiger partial charge in [0.15, 0.2) is 5.78 Å². The van der Waals surface area contributed by atoms with E-state index >= 15 is 0 Å². The second-order valence-corrected chi connectivity index (χ2v) is 6.15. The molecular formula is C17H13NO2S. The Kier molecular flexibility index (Phi) is 2.97. The summed E-state index contributed by atoms with van der Waals surface area (Å²) < 4.78 is 6.73. The highest BCUT2D eigenvalue weighted by atomic mass is 32.1. The number of carbonyl (C=O) groups excluding carboxylic acids is 1. The summed E-state index contributed by atoms with van der Waals surface area (Å²) in [6.45, 7) is 0. The third-order valence-corrected chi connectivity index (χ3v) is 4.36. The van der Waals surface area contributed by atoms with Crippen LogP contribution < -0.4 is 4.74 Å². The van der Waals surface area contributed by atoms with Gasteiger partial charge in [-0.15, -0.1) is 11.3 Å². The minimum atomic E-state index is -0.00391. The Morgan fingerprint density at radius 1 is 1.14 bits per heavy atom. The second kappa shape index (κ2) is 4.97. The average Bonchev–Trinajstić information content (AvgIpc) is 3.21. The number of rotatable bonds is 4. The molecule has 1 saturated carbocycles. The number of thiophene rings is 1. The van der Waals surface area contributed by atoms with Crippen molar-refractivity contribution >= 4 is 27.3 Å². The van der Waals surface area contributed by atoms with Crippen molar-refractivity contribution in [1.82, 2.24) is 4.98 Å². The van der Waals surface area contributed by atoms with Gasteiger partial charge in [-0.25, -0.2) is 0 Å². The van der Waals surface area contributed by atoms with Crippen LogP contribution in [-0.2, 0) is 0 Å². The summed E-state index contributed by atoms with van der Waals surface area (Å²) in [4.78, 5) is 16.8. The lowest BCUT2D eigenvalue weighted by atomic mass is 10.0. The lowest BCUT2D eigenvalue weighted by molar-refractivity contribution is 0.103. The molecule has 1 aliphatic rings. The maximum absolute atomic E-state index is 12.5. The van der Waals surface area contributed by atoms with E-state index in [0.29, 0.717) is 17.2 Å². The fourth-order valence-corrected chi connectivity index (χ4v) is 2.98. The molecule has 0 bridgehead atoms. The van der Waals surface area contributed by atoms with Gasteiger partial charge in [-0.05, 0) is 54.6 Å². The monoisotopic (exact) mass is 295 g/mol. The van der Waals surface area contributed by atoms with Crippen LogP contribution in [0.3, 0.4) is 0 Å². The van der Waals surface area contributed by atoms with Crippen LogP contribution in [0.15, 0.2) is 48.0 Å². The highest BCUT2D eigenvalue weighted by Crippen LogP contribution is 2.27. The summed E-state index contributed by atoms with van der Waals surface area (Å²) in [5, 5.41) is 1.98. The molecule has 3 aromatic rings. The van der Waals surface area contributed by atoms with Crippen LogP contribution in [0.2, 0.25) is 0 Å². The second-order valence-electron chi connectivity index (χ2n) is 5.20. The zero-order valence-corrected chi connectivity index (χ0v) is 12.1. The standard InChI is InChI=1S/C17H13NO2S/c19-17(12-9-16-15(18-10-12)7-8-21-16)11-1-3-13(4-2-11)20-14-5-6-14/h1-4,7-10,14H,5-6H2. The zero-order chi connectivity index (χ0) is 14.2. The van der Waals surface area contributed by atoms with Gasteiger partial charge in [0.1, 0.15) is 5.75 Å². The van der Waals surface area contributed by atoms with Crippen LogP contribution in [0.1, 0.15) is 28.8 Å².